The molecule has 0 saturated heterocycles. The van der Waals surface area contributed by atoms with Crippen LogP contribution in [0.1, 0.15) is 48.9 Å². The lowest BCUT2D eigenvalue weighted by Crippen LogP contribution is -2.38. The minimum Gasteiger partial charge on any atom is -0.329 e. The first-order chi connectivity index (χ1) is 16.8. The number of rotatable bonds is 7. The SMILES string of the molecule is CCCCN(C(=O)c1ccc(Cl)c(Cl)c1)C(C)c1nc2ccccc2c(=O)n1-c1ccc(F)cc1. The van der Waals surface area contributed by atoms with E-state index in [0.717, 1.165) is 12.8 Å². The molecule has 35 heavy (non-hydrogen) atoms. The highest BCUT2D eigenvalue weighted by Gasteiger charge is 2.27. The molecule has 0 aliphatic rings. The van der Waals surface area contributed by atoms with Gasteiger partial charge in [0, 0.05) is 12.1 Å². The van der Waals surface area contributed by atoms with Gasteiger partial charge in [-0.2, -0.15) is 0 Å². The molecule has 0 N–H and O–H groups in total. The first kappa shape index (κ1) is 24.9. The van der Waals surface area contributed by atoms with Crippen LogP contribution in [0.25, 0.3) is 16.6 Å². The lowest BCUT2D eigenvalue weighted by Gasteiger charge is -2.31. The van der Waals surface area contributed by atoms with Crippen LogP contribution in [0.2, 0.25) is 10.0 Å². The Bertz CT molecular complexity index is 1440. The third-order valence-electron chi connectivity index (χ3n) is 5.91. The Morgan fingerprint density at radius 2 is 1.77 bits per heavy atom. The van der Waals surface area contributed by atoms with Gasteiger partial charge < -0.3 is 4.90 Å². The molecule has 0 spiro atoms. The molecule has 0 fully saturated rings. The highest BCUT2D eigenvalue weighted by atomic mass is 35.5. The van der Waals surface area contributed by atoms with E-state index in [9.17, 15) is 14.0 Å². The van der Waals surface area contributed by atoms with E-state index in [1.54, 1.807) is 47.4 Å². The minimum absolute atomic E-state index is 0.252. The van der Waals surface area contributed by atoms with Gasteiger partial charge in [-0.3, -0.25) is 14.2 Å². The van der Waals surface area contributed by atoms with Gasteiger partial charge >= 0.3 is 0 Å². The number of nitrogens with zero attached hydrogens (tertiary/aromatic N) is 3. The van der Waals surface area contributed by atoms with Crippen LogP contribution in [0.15, 0.2) is 71.5 Å². The Balaban J connectivity index is 1.89. The number of aromatic nitrogens is 2. The fourth-order valence-electron chi connectivity index (χ4n) is 4.00. The molecule has 0 radical (unpaired) electrons. The predicted molar refractivity (Wildman–Crippen MR) is 138 cm³/mol. The zero-order valence-electron chi connectivity index (χ0n) is 19.3. The van der Waals surface area contributed by atoms with Gasteiger partial charge in [0.05, 0.1) is 32.7 Å². The van der Waals surface area contributed by atoms with Crippen LogP contribution in [0.3, 0.4) is 0 Å². The third-order valence-corrected chi connectivity index (χ3v) is 6.65. The van der Waals surface area contributed by atoms with Crippen molar-refractivity contribution >= 4 is 40.0 Å². The number of halogens is 3. The Hall–Kier alpha value is -3.22. The number of unbranched alkanes of at least 4 members (excludes halogenated alkanes) is 1. The highest BCUT2D eigenvalue weighted by molar-refractivity contribution is 6.42. The molecule has 4 aromatic rings. The van der Waals surface area contributed by atoms with Gasteiger partial charge in [-0.25, -0.2) is 9.37 Å². The Morgan fingerprint density at radius 3 is 2.46 bits per heavy atom. The zero-order chi connectivity index (χ0) is 25.1. The maximum Gasteiger partial charge on any atom is 0.266 e. The Morgan fingerprint density at radius 1 is 1.06 bits per heavy atom. The summed E-state index contributed by atoms with van der Waals surface area (Å²) in [6.07, 6.45) is 1.62. The van der Waals surface area contributed by atoms with Crippen molar-refractivity contribution in [1.82, 2.24) is 14.5 Å². The Labute approximate surface area is 212 Å². The Kier molecular flexibility index (Phi) is 7.53. The van der Waals surface area contributed by atoms with E-state index in [0.29, 0.717) is 39.5 Å². The molecule has 8 heteroatoms. The first-order valence-corrected chi connectivity index (χ1v) is 12.1. The molecule has 3 aromatic carbocycles. The van der Waals surface area contributed by atoms with Crippen LogP contribution in [0, 0.1) is 5.82 Å². The number of hydrogen-bond acceptors (Lipinski definition) is 3. The van der Waals surface area contributed by atoms with Crippen LogP contribution >= 0.6 is 23.2 Å². The average molecular weight is 512 g/mol. The van der Waals surface area contributed by atoms with Crippen molar-refractivity contribution < 1.29 is 9.18 Å². The number of amides is 1. The molecule has 1 aromatic heterocycles. The van der Waals surface area contributed by atoms with Gasteiger partial charge in [0.25, 0.3) is 11.5 Å². The molecule has 180 valence electrons. The van der Waals surface area contributed by atoms with Crippen molar-refractivity contribution in [3.05, 3.63) is 104 Å². The van der Waals surface area contributed by atoms with E-state index in [-0.39, 0.29) is 16.5 Å². The van der Waals surface area contributed by atoms with Crippen molar-refractivity contribution in [2.24, 2.45) is 0 Å². The molecule has 0 aliphatic carbocycles. The highest BCUT2D eigenvalue weighted by Crippen LogP contribution is 2.28. The molecule has 1 heterocycles. The molecular formula is C27H24Cl2FN3O2. The average Bonchev–Trinajstić information content (AvgIpc) is 2.86. The summed E-state index contributed by atoms with van der Waals surface area (Å²) in [5.74, 6) is -0.285. The van der Waals surface area contributed by atoms with Gasteiger partial charge in [0.2, 0.25) is 0 Å². The maximum atomic E-state index is 13.7. The standard InChI is InChI=1S/C27H24Cl2FN3O2/c1-3-4-15-32(26(34)18-9-14-22(28)23(29)16-18)17(2)25-31-24-8-6-5-7-21(24)27(35)33(25)20-12-10-19(30)11-13-20/h5-14,16-17H,3-4,15H2,1-2H3. The van der Waals surface area contributed by atoms with Crippen LogP contribution in [-0.2, 0) is 0 Å². The summed E-state index contributed by atoms with van der Waals surface area (Å²) in [5.41, 5.74) is 1.09. The number of fused-ring (bicyclic) bond motifs is 1. The fourth-order valence-corrected chi connectivity index (χ4v) is 4.30. The third kappa shape index (κ3) is 5.09. The summed E-state index contributed by atoms with van der Waals surface area (Å²) in [6.45, 7) is 4.32. The fraction of sp³-hybridized carbons (Fsp3) is 0.222. The lowest BCUT2D eigenvalue weighted by atomic mass is 10.1. The molecule has 5 nitrogen and oxygen atoms in total. The summed E-state index contributed by atoms with van der Waals surface area (Å²) < 4.78 is 15.1. The van der Waals surface area contributed by atoms with Crippen molar-refractivity contribution in [2.45, 2.75) is 32.7 Å². The minimum atomic E-state index is -0.578. The van der Waals surface area contributed by atoms with Crippen molar-refractivity contribution in [3.8, 4) is 5.69 Å². The van der Waals surface area contributed by atoms with Crippen LogP contribution < -0.4 is 5.56 Å². The van der Waals surface area contributed by atoms with Gasteiger partial charge in [0.15, 0.2) is 0 Å². The van der Waals surface area contributed by atoms with Gasteiger partial charge in [-0.05, 0) is 67.9 Å². The smallest absolute Gasteiger partial charge is 0.266 e. The summed E-state index contributed by atoms with van der Waals surface area (Å²) in [5, 5.41) is 1.08. The summed E-state index contributed by atoms with van der Waals surface area (Å²) in [6, 6.07) is 16.9. The second-order valence-corrected chi connectivity index (χ2v) is 9.08. The monoisotopic (exact) mass is 511 g/mol. The molecule has 1 amide bonds. The summed E-state index contributed by atoms with van der Waals surface area (Å²) in [7, 11) is 0. The summed E-state index contributed by atoms with van der Waals surface area (Å²) in [4.78, 5) is 33.7. The predicted octanol–water partition coefficient (Wildman–Crippen LogP) is 6.84. The summed E-state index contributed by atoms with van der Waals surface area (Å²) >= 11 is 12.2. The molecule has 1 unspecified atom stereocenters. The van der Waals surface area contributed by atoms with Crippen molar-refractivity contribution in [3.63, 3.8) is 0 Å². The van der Waals surface area contributed by atoms with E-state index in [1.807, 2.05) is 13.8 Å². The number of benzene rings is 3. The number of carbonyl (C=O) groups is 1. The molecule has 1 atom stereocenters. The molecule has 0 aliphatic heterocycles. The molecule has 0 bridgehead atoms. The molecule has 4 rings (SSSR count). The van der Waals surface area contributed by atoms with E-state index < -0.39 is 11.9 Å². The van der Waals surface area contributed by atoms with E-state index in [2.05, 4.69) is 0 Å². The number of carbonyl (C=O) groups excluding carboxylic acids is 1. The van der Waals surface area contributed by atoms with E-state index >= 15 is 0 Å². The second-order valence-electron chi connectivity index (χ2n) is 8.26. The topological polar surface area (TPSA) is 55.2 Å². The number of para-hydroxylation sites is 1. The normalized spacial score (nSPS) is 12.0. The first-order valence-electron chi connectivity index (χ1n) is 11.4. The second kappa shape index (κ2) is 10.6. The number of hydrogen-bond donors (Lipinski definition) is 0. The zero-order valence-corrected chi connectivity index (χ0v) is 20.9. The quantitative estimate of drug-likeness (QED) is 0.273. The van der Waals surface area contributed by atoms with Crippen molar-refractivity contribution in [1.29, 1.82) is 0 Å². The van der Waals surface area contributed by atoms with Crippen LogP contribution in [-0.4, -0.2) is 26.9 Å². The largest absolute Gasteiger partial charge is 0.329 e. The maximum absolute atomic E-state index is 13.7. The van der Waals surface area contributed by atoms with Crippen molar-refractivity contribution in [2.75, 3.05) is 6.54 Å². The molecular weight excluding hydrogens is 488 g/mol. The molecule has 0 saturated carbocycles. The van der Waals surface area contributed by atoms with Gasteiger partial charge in [0.1, 0.15) is 11.6 Å². The van der Waals surface area contributed by atoms with E-state index in [4.69, 9.17) is 28.2 Å². The van der Waals surface area contributed by atoms with Gasteiger partial charge in [-0.1, -0.05) is 48.7 Å². The van der Waals surface area contributed by atoms with Crippen LogP contribution in [0.4, 0.5) is 4.39 Å². The van der Waals surface area contributed by atoms with E-state index in [1.165, 1.54) is 28.8 Å². The lowest BCUT2D eigenvalue weighted by molar-refractivity contribution is 0.0678. The van der Waals surface area contributed by atoms with Gasteiger partial charge in [-0.15, -0.1) is 0 Å². The van der Waals surface area contributed by atoms with Crippen LogP contribution in [0.5, 0.6) is 0 Å².